The van der Waals surface area contributed by atoms with Crippen LogP contribution >= 0.6 is 11.3 Å². The van der Waals surface area contributed by atoms with Crippen molar-refractivity contribution in [1.29, 1.82) is 0 Å². The van der Waals surface area contributed by atoms with Crippen LogP contribution in [0.4, 0.5) is 0 Å². The Hall–Kier alpha value is -2.27. The number of allylic oxidation sites excluding steroid dienone is 1. The molecule has 4 nitrogen and oxygen atoms in total. The van der Waals surface area contributed by atoms with E-state index in [2.05, 4.69) is 11.6 Å². The van der Waals surface area contributed by atoms with Gasteiger partial charge < -0.3 is 0 Å². The van der Waals surface area contributed by atoms with E-state index in [1.165, 1.54) is 11.3 Å². The molecule has 3 aromatic rings. The second-order valence-corrected chi connectivity index (χ2v) is 6.12. The molecule has 0 aliphatic rings. The van der Waals surface area contributed by atoms with Crippen LogP contribution in [0.5, 0.6) is 0 Å². The Labute approximate surface area is 131 Å². The summed E-state index contributed by atoms with van der Waals surface area (Å²) in [6.45, 7) is 6.10. The molecule has 0 atom stereocenters. The second-order valence-electron chi connectivity index (χ2n) is 5.09. The van der Waals surface area contributed by atoms with E-state index in [0.717, 1.165) is 11.1 Å². The quantitative estimate of drug-likeness (QED) is 0.549. The summed E-state index contributed by atoms with van der Waals surface area (Å²) in [5.74, 6) is 0.714. The molecule has 5 heteroatoms. The minimum Gasteiger partial charge on any atom is -0.292 e. The van der Waals surface area contributed by atoms with Gasteiger partial charge in [-0.2, -0.15) is 0 Å². The van der Waals surface area contributed by atoms with Gasteiger partial charge in [0.1, 0.15) is 16.0 Å². The summed E-state index contributed by atoms with van der Waals surface area (Å²) < 4.78 is 2.41. The first-order chi connectivity index (χ1) is 10.7. The van der Waals surface area contributed by atoms with E-state index in [4.69, 9.17) is 0 Å². The molecule has 0 fully saturated rings. The molecule has 0 amide bonds. The van der Waals surface area contributed by atoms with Gasteiger partial charge in [0, 0.05) is 23.1 Å². The van der Waals surface area contributed by atoms with Crippen LogP contribution in [-0.2, 0) is 13.0 Å². The molecule has 0 unspecified atom stereocenters. The van der Waals surface area contributed by atoms with Crippen molar-refractivity contribution in [1.82, 2.24) is 9.55 Å². The van der Waals surface area contributed by atoms with Crippen LogP contribution < -0.4 is 11.0 Å². The van der Waals surface area contributed by atoms with Gasteiger partial charge in [-0.15, -0.1) is 17.9 Å². The monoisotopic (exact) mass is 312 g/mol. The number of hydrogen-bond donors (Lipinski definition) is 0. The highest BCUT2D eigenvalue weighted by Gasteiger charge is 2.15. The van der Waals surface area contributed by atoms with Crippen molar-refractivity contribution in [2.45, 2.75) is 26.3 Å². The van der Waals surface area contributed by atoms with Gasteiger partial charge in [0.05, 0.1) is 0 Å². The van der Waals surface area contributed by atoms with Gasteiger partial charge in [-0.3, -0.25) is 14.2 Å². The predicted octanol–water partition coefficient (Wildman–Crippen LogP) is 3.11. The molecule has 0 saturated carbocycles. The summed E-state index contributed by atoms with van der Waals surface area (Å²) in [6, 6.07) is 7.33. The summed E-state index contributed by atoms with van der Waals surface area (Å²) in [5, 5.41) is 0.762. The lowest BCUT2D eigenvalue weighted by Gasteiger charge is -2.11. The SMILES string of the molecule is C=CCn1c(CCC)nc2sc3ccccc3c(=O)c2c1=O. The van der Waals surface area contributed by atoms with Crippen molar-refractivity contribution < 1.29 is 0 Å². The molecule has 0 saturated heterocycles. The Morgan fingerprint density at radius 3 is 2.82 bits per heavy atom. The number of hydrogen-bond acceptors (Lipinski definition) is 4. The molecule has 3 rings (SSSR count). The Balaban J connectivity index is 2.49. The highest BCUT2D eigenvalue weighted by molar-refractivity contribution is 7.24. The standard InChI is InChI=1S/C17H16N2O2S/c1-3-7-13-18-16-14(17(21)19(13)10-4-2)15(20)11-8-5-6-9-12(11)22-16/h4-6,8-9H,2-3,7,10H2,1H3. The van der Waals surface area contributed by atoms with Gasteiger partial charge in [-0.05, 0) is 18.6 Å². The molecule has 0 aliphatic carbocycles. The fourth-order valence-corrected chi connectivity index (χ4v) is 3.62. The van der Waals surface area contributed by atoms with Gasteiger partial charge in [0.15, 0.2) is 0 Å². The number of fused-ring (bicyclic) bond motifs is 2. The maximum absolute atomic E-state index is 12.8. The van der Waals surface area contributed by atoms with E-state index in [9.17, 15) is 9.59 Å². The second kappa shape index (κ2) is 5.85. The molecule has 0 aliphatic heterocycles. The lowest BCUT2D eigenvalue weighted by atomic mass is 10.2. The topological polar surface area (TPSA) is 52.0 Å². The Morgan fingerprint density at radius 1 is 1.32 bits per heavy atom. The first-order valence-corrected chi connectivity index (χ1v) is 8.05. The van der Waals surface area contributed by atoms with E-state index in [1.54, 1.807) is 16.7 Å². The largest absolute Gasteiger partial charge is 0.292 e. The van der Waals surface area contributed by atoms with Crippen molar-refractivity contribution in [3.05, 3.63) is 63.3 Å². The lowest BCUT2D eigenvalue weighted by Crippen LogP contribution is -2.28. The fourth-order valence-electron chi connectivity index (χ4n) is 2.56. The summed E-state index contributed by atoms with van der Waals surface area (Å²) in [5.41, 5.74) is -0.497. The Morgan fingerprint density at radius 2 is 2.09 bits per heavy atom. The molecule has 0 N–H and O–H groups in total. The van der Waals surface area contributed by atoms with Crippen LogP contribution in [0, 0.1) is 0 Å². The smallest absolute Gasteiger partial charge is 0.266 e. The fraction of sp³-hybridized carbons (Fsp3) is 0.235. The number of aromatic nitrogens is 2. The molecule has 0 radical (unpaired) electrons. The normalized spacial score (nSPS) is 11.1. The van der Waals surface area contributed by atoms with Gasteiger partial charge in [0.25, 0.3) is 5.56 Å². The van der Waals surface area contributed by atoms with Crippen molar-refractivity contribution in [2.24, 2.45) is 0 Å². The van der Waals surface area contributed by atoms with Crippen molar-refractivity contribution in [2.75, 3.05) is 0 Å². The lowest BCUT2D eigenvalue weighted by molar-refractivity contribution is 0.677. The third kappa shape index (κ3) is 2.27. The van der Waals surface area contributed by atoms with E-state index in [-0.39, 0.29) is 16.4 Å². The number of nitrogens with zero attached hydrogens (tertiary/aromatic N) is 2. The first kappa shape index (κ1) is 14.7. The molecular weight excluding hydrogens is 296 g/mol. The number of benzene rings is 1. The minimum atomic E-state index is -0.264. The number of rotatable bonds is 4. The zero-order chi connectivity index (χ0) is 15.7. The third-order valence-electron chi connectivity index (χ3n) is 3.57. The summed E-state index contributed by atoms with van der Waals surface area (Å²) in [4.78, 5) is 30.5. The maximum Gasteiger partial charge on any atom is 0.266 e. The minimum absolute atomic E-state index is 0.186. The van der Waals surface area contributed by atoms with Crippen LogP contribution in [-0.4, -0.2) is 9.55 Å². The van der Waals surface area contributed by atoms with Gasteiger partial charge in [0.2, 0.25) is 5.43 Å². The van der Waals surface area contributed by atoms with E-state index >= 15 is 0 Å². The molecular formula is C17H16N2O2S. The van der Waals surface area contributed by atoms with Crippen molar-refractivity contribution in [3.63, 3.8) is 0 Å². The average molecular weight is 312 g/mol. The highest BCUT2D eigenvalue weighted by Crippen LogP contribution is 2.21. The van der Waals surface area contributed by atoms with Crippen LogP contribution in [0.2, 0.25) is 0 Å². The molecule has 0 bridgehead atoms. The molecule has 112 valence electrons. The van der Waals surface area contributed by atoms with Crippen LogP contribution in [0.15, 0.2) is 46.5 Å². The Bertz CT molecular complexity index is 986. The molecule has 2 heterocycles. The molecule has 0 spiro atoms. The van der Waals surface area contributed by atoms with Crippen LogP contribution in [0.3, 0.4) is 0 Å². The summed E-state index contributed by atoms with van der Waals surface area (Å²) >= 11 is 1.40. The third-order valence-corrected chi connectivity index (χ3v) is 4.63. The number of aryl methyl sites for hydroxylation is 1. The first-order valence-electron chi connectivity index (χ1n) is 7.23. The zero-order valence-corrected chi connectivity index (χ0v) is 13.2. The van der Waals surface area contributed by atoms with E-state index in [1.807, 2.05) is 25.1 Å². The highest BCUT2D eigenvalue weighted by atomic mass is 32.1. The molecule has 22 heavy (non-hydrogen) atoms. The van der Waals surface area contributed by atoms with Crippen molar-refractivity contribution >= 4 is 31.6 Å². The molecule has 1 aromatic carbocycles. The van der Waals surface area contributed by atoms with Crippen LogP contribution in [0.25, 0.3) is 20.3 Å². The molecule has 2 aromatic heterocycles. The van der Waals surface area contributed by atoms with E-state index < -0.39 is 0 Å². The van der Waals surface area contributed by atoms with Gasteiger partial charge >= 0.3 is 0 Å². The van der Waals surface area contributed by atoms with Crippen molar-refractivity contribution in [3.8, 4) is 0 Å². The average Bonchev–Trinajstić information content (AvgIpc) is 2.51. The zero-order valence-electron chi connectivity index (χ0n) is 12.3. The summed E-state index contributed by atoms with van der Waals surface area (Å²) in [6.07, 6.45) is 3.24. The maximum atomic E-state index is 12.8. The van der Waals surface area contributed by atoms with E-state index in [0.29, 0.717) is 29.0 Å². The van der Waals surface area contributed by atoms with Gasteiger partial charge in [-0.1, -0.05) is 25.1 Å². The van der Waals surface area contributed by atoms with Gasteiger partial charge in [-0.25, -0.2) is 4.98 Å². The Kier molecular flexibility index (Phi) is 3.90. The summed E-state index contributed by atoms with van der Waals surface area (Å²) in [7, 11) is 0. The predicted molar refractivity (Wildman–Crippen MR) is 91.8 cm³/mol. The van der Waals surface area contributed by atoms with Crippen LogP contribution in [0.1, 0.15) is 19.2 Å².